The molecule has 0 aliphatic carbocycles. The van der Waals surface area contributed by atoms with Crippen molar-refractivity contribution in [2.24, 2.45) is 0 Å². The summed E-state index contributed by atoms with van der Waals surface area (Å²) >= 11 is 0. The molecule has 1 amide bonds. The van der Waals surface area contributed by atoms with E-state index in [2.05, 4.69) is 0 Å². The van der Waals surface area contributed by atoms with Gasteiger partial charge in [-0.3, -0.25) is 4.79 Å². The smallest absolute Gasteiger partial charge is 0.257 e. The molecule has 0 aliphatic rings. The second-order valence-electron chi connectivity index (χ2n) is 8.40. The number of carbonyl (C=O) groups is 1. The van der Waals surface area contributed by atoms with E-state index >= 15 is 0 Å². The minimum Gasteiger partial charge on any atom is -0.497 e. The van der Waals surface area contributed by atoms with Crippen LogP contribution in [0.1, 0.15) is 35.5 Å². The molecule has 1 heterocycles. The van der Waals surface area contributed by atoms with Gasteiger partial charge in [-0.25, -0.2) is 9.07 Å². The van der Waals surface area contributed by atoms with Crippen molar-refractivity contribution in [2.75, 3.05) is 7.11 Å². The van der Waals surface area contributed by atoms with E-state index in [1.165, 1.54) is 12.1 Å². The fourth-order valence-electron chi connectivity index (χ4n) is 3.77. The van der Waals surface area contributed by atoms with Gasteiger partial charge < -0.3 is 14.4 Å². The molecule has 1 aromatic heterocycles. The molecule has 0 atom stereocenters. The molecule has 180 valence electrons. The van der Waals surface area contributed by atoms with E-state index in [-0.39, 0.29) is 24.1 Å². The molecule has 0 spiro atoms. The van der Waals surface area contributed by atoms with E-state index in [1.54, 1.807) is 28.8 Å². The number of benzene rings is 3. The lowest BCUT2D eigenvalue weighted by molar-refractivity contribution is 0.0684. The van der Waals surface area contributed by atoms with Crippen molar-refractivity contribution in [1.29, 1.82) is 0 Å². The first-order valence-corrected chi connectivity index (χ1v) is 11.4. The van der Waals surface area contributed by atoms with Crippen molar-refractivity contribution in [3.05, 3.63) is 102 Å². The molecule has 0 radical (unpaired) electrons. The first-order valence-electron chi connectivity index (χ1n) is 11.4. The van der Waals surface area contributed by atoms with Gasteiger partial charge in [-0.2, -0.15) is 5.10 Å². The van der Waals surface area contributed by atoms with Gasteiger partial charge in [0.2, 0.25) is 5.88 Å². The van der Waals surface area contributed by atoms with Gasteiger partial charge in [0.15, 0.2) is 0 Å². The number of para-hydroxylation sites is 1. The number of amides is 1. The molecule has 3 aromatic carbocycles. The van der Waals surface area contributed by atoms with Crippen LogP contribution in [0.2, 0.25) is 0 Å². The normalized spacial score (nSPS) is 10.9. The number of carbonyl (C=O) groups excluding carboxylic acids is 1. The second kappa shape index (κ2) is 10.4. The number of hydrogen-bond donors (Lipinski definition) is 0. The SMILES string of the molecule is COc1ccc(Oc2c(CN(C(=O)c3ccccc3F)C(C)C)c(C)nn2-c2ccccc2)cc1. The van der Waals surface area contributed by atoms with Gasteiger partial charge in [0.05, 0.1) is 36.2 Å². The summed E-state index contributed by atoms with van der Waals surface area (Å²) in [5.74, 6) is 0.869. The van der Waals surface area contributed by atoms with Crippen LogP contribution in [0.5, 0.6) is 17.4 Å². The number of hydrogen-bond acceptors (Lipinski definition) is 4. The average Bonchev–Trinajstić information content (AvgIpc) is 3.17. The third kappa shape index (κ3) is 5.19. The second-order valence-corrected chi connectivity index (χ2v) is 8.40. The Labute approximate surface area is 204 Å². The number of aryl methyl sites for hydroxylation is 1. The fraction of sp³-hybridized carbons (Fsp3) is 0.214. The van der Waals surface area contributed by atoms with E-state index in [0.29, 0.717) is 23.1 Å². The summed E-state index contributed by atoms with van der Waals surface area (Å²) in [7, 11) is 1.61. The van der Waals surface area contributed by atoms with Crippen LogP contribution in [0.3, 0.4) is 0 Å². The summed E-state index contributed by atoms with van der Waals surface area (Å²) in [5.41, 5.74) is 2.31. The van der Waals surface area contributed by atoms with E-state index < -0.39 is 5.82 Å². The summed E-state index contributed by atoms with van der Waals surface area (Å²) in [6.07, 6.45) is 0. The van der Waals surface area contributed by atoms with Gasteiger partial charge in [-0.05, 0) is 69.3 Å². The predicted octanol–water partition coefficient (Wildman–Crippen LogP) is 6.17. The number of halogens is 1. The molecule has 0 aliphatic heterocycles. The number of nitrogens with zero attached hydrogens (tertiary/aromatic N) is 3. The summed E-state index contributed by atoms with van der Waals surface area (Å²) < 4.78 is 27.7. The zero-order valence-electron chi connectivity index (χ0n) is 20.2. The van der Waals surface area contributed by atoms with Crippen molar-refractivity contribution in [3.63, 3.8) is 0 Å². The van der Waals surface area contributed by atoms with Crippen molar-refractivity contribution in [1.82, 2.24) is 14.7 Å². The van der Waals surface area contributed by atoms with Crippen molar-refractivity contribution >= 4 is 5.91 Å². The highest BCUT2D eigenvalue weighted by Crippen LogP contribution is 2.33. The highest BCUT2D eigenvalue weighted by molar-refractivity contribution is 5.94. The Balaban J connectivity index is 1.77. The topological polar surface area (TPSA) is 56.6 Å². The summed E-state index contributed by atoms with van der Waals surface area (Å²) in [6.45, 7) is 5.89. The monoisotopic (exact) mass is 473 g/mol. The van der Waals surface area contributed by atoms with Gasteiger partial charge >= 0.3 is 0 Å². The number of ether oxygens (including phenoxy) is 2. The third-order valence-electron chi connectivity index (χ3n) is 5.73. The lowest BCUT2D eigenvalue weighted by Crippen LogP contribution is -2.37. The molecular weight excluding hydrogens is 445 g/mol. The van der Waals surface area contributed by atoms with E-state index in [1.807, 2.05) is 75.4 Å². The van der Waals surface area contributed by atoms with E-state index in [4.69, 9.17) is 14.6 Å². The molecule has 4 aromatic rings. The number of aromatic nitrogens is 2. The Kier molecular flexibility index (Phi) is 7.15. The highest BCUT2D eigenvalue weighted by Gasteiger charge is 2.27. The van der Waals surface area contributed by atoms with Crippen LogP contribution in [-0.4, -0.2) is 33.7 Å². The molecule has 0 saturated heterocycles. The molecule has 35 heavy (non-hydrogen) atoms. The quantitative estimate of drug-likeness (QED) is 0.307. The maximum absolute atomic E-state index is 14.4. The van der Waals surface area contributed by atoms with Crippen LogP contribution in [0, 0.1) is 12.7 Å². The Hall–Kier alpha value is -4.13. The lowest BCUT2D eigenvalue weighted by atomic mass is 10.1. The maximum atomic E-state index is 14.4. The molecule has 4 rings (SSSR count). The standard InChI is InChI=1S/C28H28FN3O3/c1-19(2)31(27(33)24-12-8-9-13-26(24)29)18-25-20(3)30-32(21-10-6-5-7-11-21)28(25)35-23-16-14-22(34-4)15-17-23/h5-17,19H,18H2,1-4H3. The first-order chi connectivity index (χ1) is 16.9. The van der Waals surface area contributed by atoms with Gasteiger partial charge in [-0.15, -0.1) is 0 Å². The van der Waals surface area contributed by atoms with Crippen molar-refractivity contribution in [3.8, 4) is 23.1 Å². The van der Waals surface area contributed by atoms with Crippen LogP contribution in [0.4, 0.5) is 4.39 Å². The third-order valence-corrected chi connectivity index (χ3v) is 5.73. The van der Waals surface area contributed by atoms with Crippen LogP contribution in [0.25, 0.3) is 5.69 Å². The Bertz CT molecular complexity index is 1300. The van der Waals surface area contributed by atoms with Crippen LogP contribution in [-0.2, 0) is 6.54 Å². The zero-order valence-corrected chi connectivity index (χ0v) is 20.2. The van der Waals surface area contributed by atoms with Crippen LogP contribution < -0.4 is 9.47 Å². The lowest BCUT2D eigenvalue weighted by Gasteiger charge is -2.27. The molecule has 0 bridgehead atoms. The summed E-state index contributed by atoms with van der Waals surface area (Å²) in [5, 5.41) is 4.73. The highest BCUT2D eigenvalue weighted by atomic mass is 19.1. The van der Waals surface area contributed by atoms with Gasteiger partial charge in [0, 0.05) is 6.04 Å². The zero-order chi connectivity index (χ0) is 24.9. The van der Waals surface area contributed by atoms with E-state index in [9.17, 15) is 9.18 Å². The van der Waals surface area contributed by atoms with Crippen LogP contribution >= 0.6 is 0 Å². The Morgan fingerprint density at radius 3 is 2.23 bits per heavy atom. The molecule has 0 unspecified atom stereocenters. The maximum Gasteiger partial charge on any atom is 0.257 e. The fourth-order valence-corrected chi connectivity index (χ4v) is 3.77. The van der Waals surface area contributed by atoms with Gasteiger partial charge in [-0.1, -0.05) is 30.3 Å². The van der Waals surface area contributed by atoms with Crippen molar-refractivity contribution < 1.29 is 18.7 Å². The van der Waals surface area contributed by atoms with Gasteiger partial charge in [0.25, 0.3) is 5.91 Å². The van der Waals surface area contributed by atoms with Gasteiger partial charge in [0.1, 0.15) is 17.3 Å². The van der Waals surface area contributed by atoms with Crippen LogP contribution in [0.15, 0.2) is 78.9 Å². The largest absolute Gasteiger partial charge is 0.497 e. The first kappa shape index (κ1) is 24.0. The molecule has 6 nitrogen and oxygen atoms in total. The minimum absolute atomic E-state index is 0.0342. The Morgan fingerprint density at radius 1 is 0.971 bits per heavy atom. The number of rotatable bonds is 8. The molecule has 0 fully saturated rings. The molecule has 7 heteroatoms. The number of methoxy groups -OCH3 is 1. The minimum atomic E-state index is -0.547. The predicted molar refractivity (Wildman–Crippen MR) is 133 cm³/mol. The van der Waals surface area contributed by atoms with E-state index in [0.717, 1.165) is 11.3 Å². The van der Waals surface area contributed by atoms with Crippen molar-refractivity contribution in [2.45, 2.75) is 33.4 Å². The summed E-state index contributed by atoms with van der Waals surface area (Å²) in [4.78, 5) is 15.0. The Morgan fingerprint density at radius 2 is 1.60 bits per heavy atom. The molecule has 0 N–H and O–H groups in total. The molecular formula is C28H28FN3O3. The summed E-state index contributed by atoms with van der Waals surface area (Å²) in [6, 6.07) is 22.7. The average molecular weight is 474 g/mol. The molecule has 0 saturated carbocycles.